The highest BCUT2D eigenvalue weighted by Gasteiger charge is 1.97. The van der Waals surface area contributed by atoms with E-state index in [1.807, 2.05) is 0 Å². The van der Waals surface area contributed by atoms with Gasteiger partial charge in [-0.25, -0.2) is 8.42 Å². The normalized spacial score (nSPS) is 12.1. The summed E-state index contributed by atoms with van der Waals surface area (Å²) >= 11 is 0. The molecule has 1 aromatic rings. The molecule has 0 bridgehead atoms. The monoisotopic (exact) mass is 199 g/mol. The molecule has 1 N–H and O–H groups in total. The fourth-order valence-electron chi connectivity index (χ4n) is 0.749. The number of nitrogens with zero attached hydrogens (tertiary/aromatic N) is 1. The minimum absolute atomic E-state index is 0.00917. The van der Waals surface area contributed by atoms with Crippen LogP contribution in [0.4, 0.5) is 0 Å². The Balaban J connectivity index is 3.00. The highest BCUT2D eigenvalue weighted by atomic mass is 32.2. The quantitative estimate of drug-likeness (QED) is 0.715. The van der Waals surface area contributed by atoms with Crippen LogP contribution in [-0.2, 0) is 10.0 Å². The molecule has 0 saturated carbocycles. The standard InChI is InChI=1S/C8H9NO3S/c1-13(11,12)9-6-7-4-2-3-5-8(7)10/h2-6,10H,1H3/b9-6+. The van der Waals surface area contributed by atoms with Gasteiger partial charge in [-0.05, 0) is 12.1 Å². The molecule has 0 aliphatic heterocycles. The number of aromatic hydroxyl groups is 1. The Morgan fingerprint density at radius 2 is 2.00 bits per heavy atom. The van der Waals surface area contributed by atoms with Crippen molar-refractivity contribution >= 4 is 16.2 Å². The number of hydrogen-bond donors (Lipinski definition) is 1. The zero-order valence-corrected chi connectivity index (χ0v) is 7.82. The van der Waals surface area contributed by atoms with Crippen LogP contribution in [0.3, 0.4) is 0 Å². The molecule has 0 amide bonds. The van der Waals surface area contributed by atoms with Crippen LogP contribution in [0.25, 0.3) is 0 Å². The molecule has 0 aromatic heterocycles. The van der Waals surface area contributed by atoms with E-state index in [0.717, 1.165) is 12.5 Å². The maximum Gasteiger partial charge on any atom is 0.250 e. The van der Waals surface area contributed by atoms with Crippen LogP contribution in [0.5, 0.6) is 5.75 Å². The van der Waals surface area contributed by atoms with E-state index in [9.17, 15) is 13.5 Å². The van der Waals surface area contributed by atoms with Crippen LogP contribution in [-0.4, -0.2) is 26.0 Å². The average molecular weight is 199 g/mol. The lowest BCUT2D eigenvalue weighted by Crippen LogP contribution is -1.91. The Morgan fingerprint density at radius 1 is 1.38 bits per heavy atom. The molecular weight excluding hydrogens is 190 g/mol. The van der Waals surface area contributed by atoms with Crippen molar-refractivity contribution in [3.8, 4) is 5.75 Å². The molecule has 4 nitrogen and oxygen atoms in total. The number of phenols is 1. The van der Waals surface area contributed by atoms with Crippen LogP contribution >= 0.6 is 0 Å². The van der Waals surface area contributed by atoms with Crippen LogP contribution < -0.4 is 0 Å². The molecule has 0 atom stereocenters. The van der Waals surface area contributed by atoms with Gasteiger partial charge < -0.3 is 5.11 Å². The van der Waals surface area contributed by atoms with Crippen molar-refractivity contribution in [2.45, 2.75) is 0 Å². The highest BCUT2D eigenvalue weighted by Crippen LogP contribution is 2.12. The predicted molar refractivity (Wildman–Crippen MR) is 50.5 cm³/mol. The zero-order chi connectivity index (χ0) is 9.90. The maximum absolute atomic E-state index is 10.6. The molecule has 1 aromatic carbocycles. The smallest absolute Gasteiger partial charge is 0.250 e. The number of sulfonamides is 1. The molecule has 13 heavy (non-hydrogen) atoms. The molecular formula is C8H9NO3S. The summed E-state index contributed by atoms with van der Waals surface area (Å²) in [6.07, 6.45) is 2.11. The molecule has 5 heteroatoms. The van der Waals surface area contributed by atoms with Crippen molar-refractivity contribution in [1.82, 2.24) is 0 Å². The average Bonchev–Trinajstić information content (AvgIpc) is 2.01. The van der Waals surface area contributed by atoms with Gasteiger partial charge in [0.2, 0.25) is 10.0 Å². The molecule has 0 spiro atoms. The van der Waals surface area contributed by atoms with E-state index in [4.69, 9.17) is 0 Å². The molecule has 70 valence electrons. The largest absolute Gasteiger partial charge is 0.507 e. The molecule has 0 unspecified atom stereocenters. The number of rotatable bonds is 2. The van der Waals surface area contributed by atoms with E-state index in [0.29, 0.717) is 5.56 Å². The van der Waals surface area contributed by atoms with Gasteiger partial charge in [0.25, 0.3) is 0 Å². The lowest BCUT2D eigenvalue weighted by atomic mass is 10.2. The predicted octanol–water partition coefficient (Wildman–Crippen LogP) is 0.771. The summed E-state index contributed by atoms with van der Waals surface area (Å²) in [6.45, 7) is 0. The van der Waals surface area contributed by atoms with Crippen molar-refractivity contribution in [3.63, 3.8) is 0 Å². The van der Waals surface area contributed by atoms with Crippen LogP contribution in [0, 0.1) is 0 Å². The molecule has 0 saturated heterocycles. The summed E-state index contributed by atoms with van der Waals surface area (Å²) in [5.41, 5.74) is 0.382. The van der Waals surface area contributed by atoms with Crippen LogP contribution in [0.15, 0.2) is 28.7 Å². The summed E-state index contributed by atoms with van der Waals surface area (Å²) in [7, 11) is -3.38. The Labute approximate surface area is 76.6 Å². The molecule has 0 aliphatic rings. The number of phenolic OH excluding ortho intramolecular Hbond substituents is 1. The number of benzene rings is 1. The van der Waals surface area contributed by atoms with Crippen molar-refractivity contribution in [3.05, 3.63) is 29.8 Å². The van der Waals surface area contributed by atoms with Gasteiger partial charge in [0.1, 0.15) is 5.75 Å². The summed E-state index contributed by atoms with van der Waals surface area (Å²) in [4.78, 5) is 0. The van der Waals surface area contributed by atoms with Gasteiger partial charge in [-0.2, -0.15) is 4.40 Å². The van der Waals surface area contributed by atoms with E-state index in [1.165, 1.54) is 6.07 Å². The SMILES string of the molecule is CS(=O)(=O)/N=C/c1ccccc1O. The third kappa shape index (κ3) is 3.25. The summed E-state index contributed by atoms with van der Waals surface area (Å²) < 4.78 is 24.5. The summed E-state index contributed by atoms with van der Waals surface area (Å²) in [5, 5.41) is 9.22. The maximum atomic E-state index is 10.6. The number of hydrogen-bond acceptors (Lipinski definition) is 3. The van der Waals surface area contributed by atoms with E-state index < -0.39 is 10.0 Å². The van der Waals surface area contributed by atoms with Gasteiger partial charge in [0, 0.05) is 5.56 Å². The first-order chi connectivity index (χ1) is 5.99. The van der Waals surface area contributed by atoms with E-state index >= 15 is 0 Å². The second-order valence-electron chi connectivity index (χ2n) is 2.53. The van der Waals surface area contributed by atoms with E-state index in [2.05, 4.69) is 4.40 Å². The first-order valence-electron chi connectivity index (χ1n) is 3.52. The Morgan fingerprint density at radius 3 is 2.54 bits per heavy atom. The van der Waals surface area contributed by atoms with Crippen LogP contribution in [0.2, 0.25) is 0 Å². The number of para-hydroxylation sites is 1. The second-order valence-corrected chi connectivity index (χ2v) is 4.20. The molecule has 1 rings (SSSR count). The molecule has 0 radical (unpaired) electrons. The Kier molecular flexibility index (Phi) is 2.67. The minimum atomic E-state index is -3.38. The van der Waals surface area contributed by atoms with Crippen molar-refractivity contribution in [2.24, 2.45) is 4.40 Å². The van der Waals surface area contributed by atoms with Gasteiger partial charge in [0.05, 0.1) is 12.5 Å². The van der Waals surface area contributed by atoms with E-state index in [-0.39, 0.29) is 5.75 Å². The van der Waals surface area contributed by atoms with Gasteiger partial charge in [-0.3, -0.25) is 0 Å². The molecule has 0 aliphatic carbocycles. The zero-order valence-electron chi connectivity index (χ0n) is 7.01. The summed E-state index contributed by atoms with van der Waals surface area (Å²) in [5.74, 6) is 0.00917. The van der Waals surface area contributed by atoms with Crippen molar-refractivity contribution < 1.29 is 13.5 Å². The second kappa shape index (κ2) is 3.57. The van der Waals surface area contributed by atoms with Gasteiger partial charge in [-0.1, -0.05) is 12.1 Å². The third-order valence-electron chi connectivity index (χ3n) is 1.32. The highest BCUT2D eigenvalue weighted by molar-refractivity contribution is 7.89. The fraction of sp³-hybridized carbons (Fsp3) is 0.125. The van der Waals surface area contributed by atoms with Crippen LogP contribution in [0.1, 0.15) is 5.56 Å². The third-order valence-corrected chi connectivity index (χ3v) is 1.81. The van der Waals surface area contributed by atoms with Gasteiger partial charge >= 0.3 is 0 Å². The molecule has 0 heterocycles. The minimum Gasteiger partial charge on any atom is -0.507 e. The lowest BCUT2D eigenvalue weighted by Gasteiger charge is -1.95. The van der Waals surface area contributed by atoms with Crippen molar-refractivity contribution in [2.75, 3.05) is 6.26 Å². The lowest BCUT2D eigenvalue weighted by molar-refractivity contribution is 0.474. The first-order valence-corrected chi connectivity index (χ1v) is 5.37. The topological polar surface area (TPSA) is 66.7 Å². The fourth-order valence-corrected chi connectivity index (χ4v) is 1.05. The first kappa shape index (κ1) is 9.73. The van der Waals surface area contributed by atoms with E-state index in [1.54, 1.807) is 18.2 Å². The summed E-state index contributed by atoms with van der Waals surface area (Å²) in [6, 6.07) is 6.37. The molecule has 0 fully saturated rings. The van der Waals surface area contributed by atoms with Gasteiger partial charge in [-0.15, -0.1) is 0 Å². The Bertz CT molecular complexity index is 423. The Hall–Kier alpha value is -1.36. The van der Waals surface area contributed by atoms with Gasteiger partial charge in [0.15, 0.2) is 0 Å². The van der Waals surface area contributed by atoms with Crippen molar-refractivity contribution in [1.29, 1.82) is 0 Å².